The van der Waals surface area contributed by atoms with Gasteiger partial charge in [-0.25, -0.2) is 0 Å². The van der Waals surface area contributed by atoms with Crippen molar-refractivity contribution in [3.63, 3.8) is 0 Å². The molecule has 2 heteroatoms. The van der Waals surface area contributed by atoms with Crippen molar-refractivity contribution in [2.24, 2.45) is 0 Å². The molecule has 0 radical (unpaired) electrons. The van der Waals surface area contributed by atoms with Crippen LogP contribution in [-0.2, 0) is 6.42 Å². The average molecular weight is 245 g/mol. The van der Waals surface area contributed by atoms with Crippen LogP contribution >= 0.6 is 0 Å². The van der Waals surface area contributed by atoms with Crippen molar-refractivity contribution in [2.45, 2.75) is 57.1 Å². The van der Waals surface area contributed by atoms with Gasteiger partial charge in [-0.2, -0.15) is 0 Å². The van der Waals surface area contributed by atoms with E-state index in [1.165, 1.54) is 43.4 Å². The Morgan fingerprint density at radius 3 is 2.72 bits per heavy atom. The van der Waals surface area contributed by atoms with Crippen LogP contribution in [0.4, 0.5) is 5.69 Å². The highest BCUT2D eigenvalue weighted by Gasteiger charge is 2.30. The summed E-state index contributed by atoms with van der Waals surface area (Å²) in [6.45, 7) is 1.11. The number of aryl methyl sites for hydroxylation is 1. The largest absolute Gasteiger partial charge is 0.391 e. The van der Waals surface area contributed by atoms with Gasteiger partial charge in [-0.1, -0.05) is 31.0 Å². The number of hydrogen-bond acceptors (Lipinski definition) is 2. The van der Waals surface area contributed by atoms with Crippen LogP contribution in [0.2, 0.25) is 0 Å². The SMILES string of the molecule is OC1CCCCC1N1CCCCc2ccccc21. The van der Waals surface area contributed by atoms with E-state index in [0.717, 1.165) is 19.4 Å². The van der Waals surface area contributed by atoms with Gasteiger partial charge in [0.25, 0.3) is 0 Å². The molecule has 1 heterocycles. The number of nitrogens with zero attached hydrogens (tertiary/aromatic N) is 1. The maximum absolute atomic E-state index is 10.3. The molecule has 2 nitrogen and oxygen atoms in total. The molecule has 98 valence electrons. The second-order valence-corrected chi connectivity index (χ2v) is 5.70. The van der Waals surface area contributed by atoms with E-state index in [0.29, 0.717) is 6.04 Å². The monoisotopic (exact) mass is 245 g/mol. The number of para-hydroxylation sites is 1. The molecule has 1 fully saturated rings. The van der Waals surface area contributed by atoms with Crippen LogP contribution in [0, 0.1) is 0 Å². The Labute approximate surface area is 110 Å². The first-order chi connectivity index (χ1) is 8.86. The third kappa shape index (κ3) is 2.26. The molecule has 1 saturated carbocycles. The lowest BCUT2D eigenvalue weighted by molar-refractivity contribution is 0.104. The van der Waals surface area contributed by atoms with Crippen molar-refractivity contribution in [2.75, 3.05) is 11.4 Å². The van der Waals surface area contributed by atoms with E-state index in [4.69, 9.17) is 0 Å². The number of aliphatic hydroxyl groups excluding tert-OH is 1. The molecule has 0 saturated heterocycles. The van der Waals surface area contributed by atoms with Crippen LogP contribution in [0.1, 0.15) is 44.1 Å². The van der Waals surface area contributed by atoms with Gasteiger partial charge in [0.2, 0.25) is 0 Å². The van der Waals surface area contributed by atoms with Crippen LogP contribution in [0.15, 0.2) is 24.3 Å². The topological polar surface area (TPSA) is 23.5 Å². The molecule has 1 aromatic rings. The fourth-order valence-corrected chi connectivity index (χ4v) is 3.52. The number of benzene rings is 1. The lowest BCUT2D eigenvalue weighted by Gasteiger charge is -2.39. The van der Waals surface area contributed by atoms with Gasteiger partial charge in [0.15, 0.2) is 0 Å². The first-order valence-corrected chi connectivity index (χ1v) is 7.39. The number of anilines is 1. The van der Waals surface area contributed by atoms with Gasteiger partial charge in [0, 0.05) is 12.2 Å². The van der Waals surface area contributed by atoms with Crippen LogP contribution in [0.25, 0.3) is 0 Å². The van der Waals surface area contributed by atoms with E-state index in [9.17, 15) is 5.11 Å². The van der Waals surface area contributed by atoms with Gasteiger partial charge in [0.1, 0.15) is 0 Å². The molecule has 1 N–H and O–H groups in total. The summed E-state index contributed by atoms with van der Waals surface area (Å²) in [5.41, 5.74) is 2.84. The first-order valence-electron chi connectivity index (χ1n) is 7.39. The Balaban J connectivity index is 1.91. The van der Waals surface area contributed by atoms with Crippen molar-refractivity contribution < 1.29 is 5.11 Å². The highest BCUT2D eigenvalue weighted by molar-refractivity contribution is 5.55. The number of fused-ring (bicyclic) bond motifs is 1. The van der Waals surface area contributed by atoms with E-state index < -0.39 is 0 Å². The minimum Gasteiger partial charge on any atom is -0.391 e. The second kappa shape index (κ2) is 5.31. The molecular formula is C16H23NO. The molecule has 1 aliphatic heterocycles. The lowest BCUT2D eigenvalue weighted by atomic mass is 9.90. The predicted molar refractivity (Wildman–Crippen MR) is 75.0 cm³/mol. The van der Waals surface area contributed by atoms with Gasteiger partial charge in [-0.05, 0) is 43.7 Å². The Morgan fingerprint density at radius 1 is 1.00 bits per heavy atom. The Bertz CT molecular complexity index is 404. The minimum atomic E-state index is -0.134. The molecule has 0 amide bonds. The molecule has 0 aromatic heterocycles. The third-order valence-corrected chi connectivity index (χ3v) is 4.49. The van der Waals surface area contributed by atoms with Gasteiger partial charge < -0.3 is 10.0 Å². The summed E-state index contributed by atoms with van der Waals surface area (Å²) in [4.78, 5) is 2.49. The van der Waals surface area contributed by atoms with Crippen LogP contribution in [-0.4, -0.2) is 23.8 Å². The quantitative estimate of drug-likeness (QED) is 0.821. The van der Waals surface area contributed by atoms with Crippen LogP contribution < -0.4 is 4.90 Å². The summed E-state index contributed by atoms with van der Waals surface area (Å²) in [5, 5.41) is 10.3. The number of aliphatic hydroxyl groups is 1. The fraction of sp³-hybridized carbons (Fsp3) is 0.625. The molecular weight excluding hydrogens is 222 g/mol. The highest BCUT2D eigenvalue weighted by Crippen LogP contribution is 2.32. The van der Waals surface area contributed by atoms with Gasteiger partial charge in [-0.3, -0.25) is 0 Å². The van der Waals surface area contributed by atoms with E-state index in [1.807, 2.05) is 0 Å². The summed E-state index contributed by atoms with van der Waals surface area (Å²) in [5.74, 6) is 0. The molecule has 0 spiro atoms. The molecule has 18 heavy (non-hydrogen) atoms. The van der Waals surface area contributed by atoms with Crippen molar-refractivity contribution >= 4 is 5.69 Å². The lowest BCUT2D eigenvalue weighted by Crippen LogP contribution is -2.46. The summed E-state index contributed by atoms with van der Waals surface area (Å²) in [6, 6.07) is 9.11. The van der Waals surface area contributed by atoms with Crippen LogP contribution in [0.5, 0.6) is 0 Å². The van der Waals surface area contributed by atoms with Crippen molar-refractivity contribution in [1.29, 1.82) is 0 Å². The maximum atomic E-state index is 10.3. The molecule has 1 aromatic carbocycles. The maximum Gasteiger partial charge on any atom is 0.0743 e. The zero-order valence-corrected chi connectivity index (χ0v) is 11.0. The molecule has 3 rings (SSSR count). The van der Waals surface area contributed by atoms with Crippen molar-refractivity contribution in [1.82, 2.24) is 0 Å². The third-order valence-electron chi connectivity index (χ3n) is 4.49. The molecule has 1 aliphatic carbocycles. The first kappa shape index (κ1) is 12.0. The smallest absolute Gasteiger partial charge is 0.0743 e. The van der Waals surface area contributed by atoms with E-state index in [-0.39, 0.29) is 6.10 Å². The number of rotatable bonds is 1. The predicted octanol–water partition coefficient (Wildman–Crippen LogP) is 3.13. The summed E-state index contributed by atoms with van der Waals surface area (Å²) in [7, 11) is 0. The Hall–Kier alpha value is -1.02. The van der Waals surface area contributed by atoms with Gasteiger partial charge in [-0.15, -0.1) is 0 Å². The van der Waals surface area contributed by atoms with E-state index in [2.05, 4.69) is 29.2 Å². The van der Waals surface area contributed by atoms with Crippen LogP contribution in [0.3, 0.4) is 0 Å². The zero-order chi connectivity index (χ0) is 12.4. The standard InChI is InChI=1S/C16H23NO/c18-16-11-4-3-10-15(16)17-12-6-5-8-13-7-1-2-9-14(13)17/h1-2,7,9,15-16,18H,3-6,8,10-12H2. The van der Waals surface area contributed by atoms with Crippen molar-refractivity contribution in [3.05, 3.63) is 29.8 Å². The summed E-state index contributed by atoms with van der Waals surface area (Å²) < 4.78 is 0. The Kier molecular flexibility index (Phi) is 3.55. The van der Waals surface area contributed by atoms with Gasteiger partial charge >= 0.3 is 0 Å². The number of hydrogen-bond donors (Lipinski definition) is 1. The average Bonchev–Trinajstić information content (AvgIpc) is 2.62. The molecule has 0 bridgehead atoms. The highest BCUT2D eigenvalue weighted by atomic mass is 16.3. The minimum absolute atomic E-state index is 0.134. The molecule has 2 unspecified atom stereocenters. The Morgan fingerprint density at radius 2 is 1.83 bits per heavy atom. The summed E-state index contributed by atoms with van der Waals surface area (Å²) >= 11 is 0. The van der Waals surface area contributed by atoms with Gasteiger partial charge in [0.05, 0.1) is 12.1 Å². The zero-order valence-electron chi connectivity index (χ0n) is 11.0. The van der Waals surface area contributed by atoms with E-state index in [1.54, 1.807) is 0 Å². The molecule has 2 atom stereocenters. The second-order valence-electron chi connectivity index (χ2n) is 5.70. The van der Waals surface area contributed by atoms with Crippen molar-refractivity contribution in [3.8, 4) is 0 Å². The fourth-order valence-electron chi connectivity index (χ4n) is 3.52. The normalized spacial score (nSPS) is 28.6. The summed E-state index contributed by atoms with van der Waals surface area (Å²) in [6.07, 6.45) is 8.15. The molecule has 2 aliphatic rings. The van der Waals surface area contributed by atoms with E-state index >= 15 is 0 Å².